The standard InChI is InChI=1S/C11H19NO2/c1-2-14-11(13)8-5-7-10-6-3-4-9-12-10/h5,8,10,12H,2-4,6-7,9H2,1H3/b8-5+. The maximum atomic E-state index is 11.0. The third-order valence-corrected chi connectivity index (χ3v) is 2.37. The van der Waals surface area contributed by atoms with Gasteiger partial charge in [0.1, 0.15) is 0 Å². The van der Waals surface area contributed by atoms with Crippen molar-refractivity contribution in [2.45, 2.75) is 38.6 Å². The summed E-state index contributed by atoms with van der Waals surface area (Å²) in [6, 6.07) is 0.550. The van der Waals surface area contributed by atoms with Crippen LogP contribution >= 0.6 is 0 Å². The normalized spacial score (nSPS) is 22.5. The van der Waals surface area contributed by atoms with E-state index in [1.54, 1.807) is 0 Å². The summed E-state index contributed by atoms with van der Waals surface area (Å²) in [5, 5.41) is 3.42. The van der Waals surface area contributed by atoms with Crippen molar-refractivity contribution in [2.24, 2.45) is 0 Å². The smallest absolute Gasteiger partial charge is 0.330 e. The summed E-state index contributed by atoms with van der Waals surface area (Å²) in [6.07, 6.45) is 8.15. The Labute approximate surface area is 85.5 Å². The highest BCUT2D eigenvalue weighted by atomic mass is 16.5. The molecular formula is C11H19NO2. The van der Waals surface area contributed by atoms with Crippen LogP contribution < -0.4 is 5.32 Å². The van der Waals surface area contributed by atoms with Crippen molar-refractivity contribution < 1.29 is 9.53 Å². The van der Waals surface area contributed by atoms with Gasteiger partial charge < -0.3 is 10.1 Å². The highest BCUT2D eigenvalue weighted by Crippen LogP contribution is 2.10. The van der Waals surface area contributed by atoms with Crippen LogP contribution in [0.2, 0.25) is 0 Å². The van der Waals surface area contributed by atoms with Crippen LogP contribution in [0, 0.1) is 0 Å². The first-order chi connectivity index (χ1) is 6.83. The summed E-state index contributed by atoms with van der Waals surface area (Å²) in [6.45, 7) is 3.37. The number of hydrogen-bond donors (Lipinski definition) is 1. The van der Waals surface area contributed by atoms with Gasteiger partial charge in [-0.2, -0.15) is 0 Å². The van der Waals surface area contributed by atoms with Gasteiger partial charge in [-0.05, 0) is 32.7 Å². The summed E-state index contributed by atoms with van der Waals surface area (Å²) in [5.41, 5.74) is 0. The number of esters is 1. The molecule has 3 heteroatoms. The number of carbonyl (C=O) groups is 1. The van der Waals surface area contributed by atoms with Crippen LogP contribution in [-0.4, -0.2) is 25.2 Å². The van der Waals surface area contributed by atoms with E-state index in [-0.39, 0.29) is 5.97 Å². The lowest BCUT2D eigenvalue weighted by molar-refractivity contribution is -0.137. The van der Waals surface area contributed by atoms with E-state index in [9.17, 15) is 4.79 Å². The Morgan fingerprint density at radius 2 is 2.43 bits per heavy atom. The van der Waals surface area contributed by atoms with Gasteiger partial charge in [0, 0.05) is 12.1 Å². The lowest BCUT2D eigenvalue weighted by Gasteiger charge is -2.21. The quantitative estimate of drug-likeness (QED) is 0.550. The molecule has 1 unspecified atom stereocenters. The Hall–Kier alpha value is -0.830. The Bertz CT molecular complexity index is 195. The minimum atomic E-state index is -0.233. The van der Waals surface area contributed by atoms with Gasteiger partial charge in [0.05, 0.1) is 6.61 Å². The molecule has 1 aliphatic heterocycles. The third kappa shape index (κ3) is 4.42. The molecule has 0 amide bonds. The SMILES string of the molecule is CCOC(=O)/C=C/CC1CCCCN1. The molecule has 1 fully saturated rings. The van der Waals surface area contributed by atoms with E-state index in [4.69, 9.17) is 4.74 Å². The molecule has 0 radical (unpaired) electrons. The monoisotopic (exact) mass is 197 g/mol. The summed E-state index contributed by atoms with van der Waals surface area (Å²) in [5.74, 6) is -0.233. The van der Waals surface area contributed by atoms with E-state index in [1.807, 2.05) is 13.0 Å². The molecule has 80 valence electrons. The molecule has 14 heavy (non-hydrogen) atoms. The topological polar surface area (TPSA) is 38.3 Å². The van der Waals surface area contributed by atoms with Crippen molar-refractivity contribution in [1.82, 2.24) is 5.32 Å². The molecule has 0 aromatic rings. The van der Waals surface area contributed by atoms with Crippen LogP contribution in [0.4, 0.5) is 0 Å². The molecule has 0 aromatic carbocycles. The fourth-order valence-corrected chi connectivity index (χ4v) is 1.64. The molecule has 1 rings (SSSR count). The van der Waals surface area contributed by atoms with E-state index in [1.165, 1.54) is 25.3 Å². The van der Waals surface area contributed by atoms with Crippen molar-refractivity contribution in [1.29, 1.82) is 0 Å². The maximum Gasteiger partial charge on any atom is 0.330 e. The highest BCUT2D eigenvalue weighted by molar-refractivity contribution is 5.81. The average Bonchev–Trinajstić information content (AvgIpc) is 2.20. The Balaban J connectivity index is 2.14. The molecular weight excluding hydrogens is 178 g/mol. The first-order valence-corrected chi connectivity index (χ1v) is 5.39. The van der Waals surface area contributed by atoms with E-state index in [0.29, 0.717) is 12.6 Å². The van der Waals surface area contributed by atoms with Gasteiger partial charge in [0.25, 0.3) is 0 Å². The van der Waals surface area contributed by atoms with Crippen LogP contribution in [-0.2, 0) is 9.53 Å². The number of rotatable bonds is 4. The largest absolute Gasteiger partial charge is 0.463 e. The van der Waals surface area contributed by atoms with E-state index < -0.39 is 0 Å². The van der Waals surface area contributed by atoms with Gasteiger partial charge in [0.2, 0.25) is 0 Å². The predicted molar refractivity (Wildman–Crippen MR) is 56.0 cm³/mol. The first kappa shape index (κ1) is 11.2. The maximum absolute atomic E-state index is 11.0. The zero-order chi connectivity index (χ0) is 10.2. The molecule has 0 bridgehead atoms. The van der Waals surface area contributed by atoms with Crippen molar-refractivity contribution in [2.75, 3.05) is 13.2 Å². The number of carbonyl (C=O) groups excluding carboxylic acids is 1. The van der Waals surface area contributed by atoms with Crippen molar-refractivity contribution in [3.05, 3.63) is 12.2 Å². The second-order valence-corrected chi connectivity index (χ2v) is 3.54. The van der Waals surface area contributed by atoms with Gasteiger partial charge in [-0.25, -0.2) is 4.79 Å². The molecule has 0 aliphatic carbocycles. The summed E-state index contributed by atoms with van der Waals surface area (Å²) >= 11 is 0. The van der Waals surface area contributed by atoms with Crippen LogP contribution in [0.15, 0.2) is 12.2 Å². The fourth-order valence-electron chi connectivity index (χ4n) is 1.64. The summed E-state index contributed by atoms with van der Waals surface area (Å²) in [4.78, 5) is 11.0. The zero-order valence-electron chi connectivity index (χ0n) is 8.79. The second kappa shape index (κ2) is 6.60. The number of hydrogen-bond acceptors (Lipinski definition) is 3. The molecule has 0 spiro atoms. The molecule has 3 nitrogen and oxygen atoms in total. The van der Waals surface area contributed by atoms with Gasteiger partial charge in [-0.15, -0.1) is 0 Å². The van der Waals surface area contributed by atoms with E-state index in [2.05, 4.69) is 5.32 Å². The molecule has 0 saturated carbocycles. The van der Waals surface area contributed by atoms with Crippen molar-refractivity contribution in [3.8, 4) is 0 Å². The van der Waals surface area contributed by atoms with Gasteiger partial charge in [0.15, 0.2) is 0 Å². The van der Waals surface area contributed by atoms with Crippen LogP contribution in [0.1, 0.15) is 32.6 Å². The van der Waals surface area contributed by atoms with Crippen LogP contribution in [0.3, 0.4) is 0 Å². The van der Waals surface area contributed by atoms with Crippen molar-refractivity contribution >= 4 is 5.97 Å². The number of piperidine rings is 1. The lowest BCUT2D eigenvalue weighted by atomic mass is 10.0. The highest BCUT2D eigenvalue weighted by Gasteiger charge is 2.10. The van der Waals surface area contributed by atoms with Gasteiger partial charge >= 0.3 is 5.97 Å². The van der Waals surface area contributed by atoms with E-state index in [0.717, 1.165) is 13.0 Å². The molecule has 1 aliphatic rings. The molecule has 1 N–H and O–H groups in total. The Morgan fingerprint density at radius 1 is 1.57 bits per heavy atom. The predicted octanol–water partition coefficient (Wildman–Crippen LogP) is 1.64. The van der Waals surface area contributed by atoms with Gasteiger partial charge in [-0.3, -0.25) is 0 Å². The lowest BCUT2D eigenvalue weighted by Crippen LogP contribution is -2.33. The number of ether oxygens (including phenoxy) is 1. The first-order valence-electron chi connectivity index (χ1n) is 5.39. The number of nitrogens with one attached hydrogen (secondary N) is 1. The minimum Gasteiger partial charge on any atom is -0.463 e. The Kier molecular flexibility index (Phi) is 5.30. The second-order valence-electron chi connectivity index (χ2n) is 3.54. The average molecular weight is 197 g/mol. The van der Waals surface area contributed by atoms with E-state index >= 15 is 0 Å². The third-order valence-electron chi connectivity index (χ3n) is 2.37. The molecule has 1 saturated heterocycles. The van der Waals surface area contributed by atoms with Crippen molar-refractivity contribution in [3.63, 3.8) is 0 Å². The summed E-state index contributed by atoms with van der Waals surface area (Å²) in [7, 11) is 0. The molecule has 0 aromatic heterocycles. The fraction of sp³-hybridized carbons (Fsp3) is 0.727. The summed E-state index contributed by atoms with van der Waals surface area (Å²) < 4.78 is 4.79. The van der Waals surface area contributed by atoms with Crippen LogP contribution in [0.25, 0.3) is 0 Å². The minimum absolute atomic E-state index is 0.233. The van der Waals surface area contributed by atoms with Crippen LogP contribution in [0.5, 0.6) is 0 Å². The van der Waals surface area contributed by atoms with Gasteiger partial charge in [-0.1, -0.05) is 12.5 Å². The zero-order valence-corrected chi connectivity index (χ0v) is 8.79. The molecule has 1 atom stereocenters. The Morgan fingerprint density at radius 3 is 3.07 bits per heavy atom. The molecule has 1 heterocycles.